The molecular formula is C20H16FN3O. The monoisotopic (exact) mass is 333 g/mol. The van der Waals surface area contributed by atoms with Crippen molar-refractivity contribution < 1.29 is 9.18 Å². The van der Waals surface area contributed by atoms with Crippen molar-refractivity contribution in [2.75, 3.05) is 12.4 Å². The lowest BCUT2D eigenvalue weighted by molar-refractivity contribution is 0.221. The van der Waals surface area contributed by atoms with Crippen molar-refractivity contribution >= 4 is 22.5 Å². The van der Waals surface area contributed by atoms with Gasteiger partial charge in [-0.1, -0.05) is 42.5 Å². The van der Waals surface area contributed by atoms with Crippen LogP contribution in [0.4, 0.5) is 14.9 Å². The normalized spacial score (nSPS) is 10.3. The highest BCUT2D eigenvalue weighted by Crippen LogP contribution is 2.21. The molecule has 0 saturated carbocycles. The van der Waals surface area contributed by atoms with Crippen molar-refractivity contribution in [2.24, 2.45) is 0 Å². The molecule has 4 nitrogen and oxygen atoms in total. The molecule has 0 atom stereocenters. The summed E-state index contributed by atoms with van der Waals surface area (Å²) < 4.78 is 13.2. The van der Waals surface area contributed by atoms with Gasteiger partial charge in [-0.25, -0.2) is 9.18 Å². The molecule has 0 radical (unpaired) electrons. The minimum Gasteiger partial charge on any atom is -0.323 e. The predicted molar refractivity (Wildman–Crippen MR) is 95.5 cm³/mol. The zero-order valence-electron chi connectivity index (χ0n) is 13.7. The van der Waals surface area contributed by atoms with Crippen LogP contribution >= 0.6 is 0 Å². The molecule has 0 saturated heterocycles. The first-order chi connectivity index (χ1) is 12.1. The van der Waals surface area contributed by atoms with Crippen LogP contribution < -0.4 is 5.32 Å². The molecule has 0 unspecified atom stereocenters. The highest BCUT2D eigenvalue weighted by atomic mass is 19.1. The molecule has 0 spiro atoms. The summed E-state index contributed by atoms with van der Waals surface area (Å²) in [4.78, 5) is 13.9. The number of nitrogens with zero attached hydrogens (tertiary/aromatic N) is 2. The lowest BCUT2D eigenvalue weighted by atomic mass is 10.0. The number of hydrogen-bond donors (Lipinski definition) is 1. The number of benzene rings is 3. The summed E-state index contributed by atoms with van der Waals surface area (Å²) in [5.41, 5.74) is 1.40. The molecular weight excluding hydrogens is 317 g/mol. The molecule has 3 rings (SSSR count). The maximum atomic E-state index is 13.2. The summed E-state index contributed by atoms with van der Waals surface area (Å²) in [6, 6.07) is 19.1. The SMILES string of the molecule is CN(Cc1cccc2ccccc12)C(=O)Nc1ccc(F)cc1C#N. The number of carbonyl (C=O) groups excluding carboxylic acids is 1. The summed E-state index contributed by atoms with van der Waals surface area (Å²) in [7, 11) is 1.67. The van der Waals surface area contributed by atoms with Gasteiger partial charge in [-0.3, -0.25) is 0 Å². The minimum absolute atomic E-state index is 0.0897. The summed E-state index contributed by atoms with van der Waals surface area (Å²) in [5, 5.41) is 13.9. The lowest BCUT2D eigenvalue weighted by Crippen LogP contribution is -2.31. The lowest BCUT2D eigenvalue weighted by Gasteiger charge is -2.19. The van der Waals surface area contributed by atoms with E-state index in [1.807, 2.05) is 48.5 Å². The summed E-state index contributed by atoms with van der Waals surface area (Å²) in [6.45, 7) is 0.413. The number of nitriles is 1. The van der Waals surface area contributed by atoms with E-state index in [0.717, 1.165) is 22.4 Å². The second-order valence-corrected chi connectivity index (χ2v) is 5.73. The van der Waals surface area contributed by atoms with Crippen molar-refractivity contribution in [3.8, 4) is 6.07 Å². The molecule has 1 N–H and O–H groups in total. The number of nitrogens with one attached hydrogen (secondary N) is 1. The van der Waals surface area contributed by atoms with Gasteiger partial charge >= 0.3 is 6.03 Å². The van der Waals surface area contributed by atoms with Crippen LogP contribution in [-0.2, 0) is 6.54 Å². The van der Waals surface area contributed by atoms with Gasteiger partial charge < -0.3 is 10.2 Å². The third-order valence-corrected chi connectivity index (χ3v) is 3.98. The molecule has 3 aromatic carbocycles. The van der Waals surface area contributed by atoms with Gasteiger partial charge in [0.05, 0.1) is 11.3 Å². The van der Waals surface area contributed by atoms with Crippen molar-refractivity contribution in [1.82, 2.24) is 4.90 Å². The third kappa shape index (κ3) is 3.59. The van der Waals surface area contributed by atoms with Crippen LogP contribution in [0.1, 0.15) is 11.1 Å². The van der Waals surface area contributed by atoms with Crippen LogP contribution in [0.15, 0.2) is 60.7 Å². The van der Waals surface area contributed by atoms with Crippen molar-refractivity contribution in [3.05, 3.63) is 77.6 Å². The highest BCUT2D eigenvalue weighted by Gasteiger charge is 2.13. The van der Waals surface area contributed by atoms with E-state index in [-0.39, 0.29) is 11.6 Å². The van der Waals surface area contributed by atoms with E-state index in [2.05, 4.69) is 5.32 Å². The number of hydrogen-bond acceptors (Lipinski definition) is 2. The standard InChI is InChI=1S/C20H16FN3O/c1-24(13-15-7-4-6-14-5-2-3-8-18(14)15)20(25)23-19-10-9-17(21)11-16(19)12-22/h2-11H,13H2,1H3,(H,23,25). The van der Waals surface area contributed by atoms with Gasteiger partial charge in [0, 0.05) is 13.6 Å². The Bertz CT molecular complexity index is 973. The van der Waals surface area contributed by atoms with Crippen LogP contribution in [-0.4, -0.2) is 18.0 Å². The molecule has 5 heteroatoms. The Morgan fingerprint density at radius 3 is 2.72 bits per heavy atom. The van der Waals surface area contributed by atoms with E-state index in [1.54, 1.807) is 7.05 Å². The average molecular weight is 333 g/mol. The van der Waals surface area contributed by atoms with Crippen LogP contribution in [0.5, 0.6) is 0 Å². The predicted octanol–water partition coefficient (Wildman–Crippen LogP) is 4.51. The van der Waals surface area contributed by atoms with Gasteiger partial charge in [0.2, 0.25) is 0 Å². The Morgan fingerprint density at radius 1 is 1.16 bits per heavy atom. The van der Waals surface area contributed by atoms with Crippen molar-refractivity contribution in [3.63, 3.8) is 0 Å². The Balaban J connectivity index is 1.78. The number of halogens is 1. The number of fused-ring (bicyclic) bond motifs is 1. The Hall–Kier alpha value is -3.39. The Morgan fingerprint density at radius 2 is 1.92 bits per heavy atom. The number of urea groups is 1. The average Bonchev–Trinajstić information content (AvgIpc) is 2.63. The van der Waals surface area contributed by atoms with Crippen LogP contribution in [0.3, 0.4) is 0 Å². The molecule has 124 valence electrons. The molecule has 2 amide bonds. The minimum atomic E-state index is -0.515. The Kier molecular flexibility index (Phi) is 4.62. The van der Waals surface area contributed by atoms with Gasteiger partial charge in [-0.2, -0.15) is 5.26 Å². The quantitative estimate of drug-likeness (QED) is 0.766. The first-order valence-electron chi connectivity index (χ1n) is 7.77. The molecule has 0 aliphatic rings. The smallest absolute Gasteiger partial charge is 0.321 e. The number of carbonyl (C=O) groups is 1. The fraction of sp³-hybridized carbons (Fsp3) is 0.100. The van der Waals surface area contributed by atoms with Gasteiger partial charge in [-0.15, -0.1) is 0 Å². The summed E-state index contributed by atoms with van der Waals surface area (Å²) >= 11 is 0. The van der Waals surface area contributed by atoms with E-state index in [9.17, 15) is 9.18 Å². The van der Waals surface area contributed by atoms with E-state index in [4.69, 9.17) is 5.26 Å². The number of amides is 2. The van der Waals surface area contributed by atoms with E-state index in [0.29, 0.717) is 12.2 Å². The van der Waals surface area contributed by atoms with Crippen molar-refractivity contribution in [2.45, 2.75) is 6.54 Å². The topological polar surface area (TPSA) is 56.1 Å². The molecule has 3 aromatic rings. The second-order valence-electron chi connectivity index (χ2n) is 5.73. The molecule has 0 bridgehead atoms. The first-order valence-corrected chi connectivity index (χ1v) is 7.77. The maximum absolute atomic E-state index is 13.2. The van der Waals surface area contributed by atoms with E-state index < -0.39 is 5.82 Å². The van der Waals surface area contributed by atoms with Gasteiger partial charge in [-0.05, 0) is 34.5 Å². The molecule has 0 heterocycles. The molecule has 0 aliphatic heterocycles. The molecule has 0 aromatic heterocycles. The second kappa shape index (κ2) is 7.02. The van der Waals surface area contributed by atoms with Crippen LogP contribution in [0, 0.1) is 17.1 Å². The number of anilines is 1. The zero-order valence-corrected chi connectivity index (χ0v) is 13.7. The Labute approximate surface area is 145 Å². The third-order valence-electron chi connectivity index (χ3n) is 3.98. The molecule has 25 heavy (non-hydrogen) atoms. The fourth-order valence-corrected chi connectivity index (χ4v) is 2.69. The summed E-state index contributed by atoms with van der Waals surface area (Å²) in [6.07, 6.45) is 0. The van der Waals surface area contributed by atoms with Gasteiger partial charge in [0.15, 0.2) is 0 Å². The van der Waals surface area contributed by atoms with E-state index >= 15 is 0 Å². The number of rotatable bonds is 3. The fourth-order valence-electron chi connectivity index (χ4n) is 2.69. The van der Waals surface area contributed by atoms with Gasteiger partial charge in [0.1, 0.15) is 11.9 Å². The van der Waals surface area contributed by atoms with Crippen molar-refractivity contribution in [1.29, 1.82) is 5.26 Å². The maximum Gasteiger partial charge on any atom is 0.321 e. The molecule has 0 fully saturated rings. The van der Waals surface area contributed by atoms with Crippen LogP contribution in [0.2, 0.25) is 0 Å². The summed E-state index contributed by atoms with van der Waals surface area (Å²) in [5.74, 6) is -0.515. The first kappa shape index (κ1) is 16.5. The zero-order chi connectivity index (χ0) is 17.8. The van der Waals surface area contributed by atoms with E-state index in [1.165, 1.54) is 17.0 Å². The van der Waals surface area contributed by atoms with Crippen LogP contribution in [0.25, 0.3) is 10.8 Å². The highest BCUT2D eigenvalue weighted by molar-refractivity contribution is 5.91. The van der Waals surface area contributed by atoms with Gasteiger partial charge in [0.25, 0.3) is 0 Å². The molecule has 0 aliphatic carbocycles. The largest absolute Gasteiger partial charge is 0.323 e.